The van der Waals surface area contributed by atoms with Gasteiger partial charge in [0.15, 0.2) is 5.90 Å². The molecule has 4 nitrogen and oxygen atoms in total. The third kappa shape index (κ3) is 2.34. The zero-order valence-corrected chi connectivity index (χ0v) is 8.69. The lowest BCUT2D eigenvalue weighted by Crippen LogP contribution is -2.13. The van der Waals surface area contributed by atoms with Crippen molar-refractivity contribution in [2.75, 3.05) is 0 Å². The molecular formula is C12H12N2O2. The van der Waals surface area contributed by atoms with Gasteiger partial charge in [-0.1, -0.05) is 12.1 Å². The van der Waals surface area contributed by atoms with Crippen molar-refractivity contribution in [1.29, 1.82) is 10.8 Å². The number of ether oxygens (including phenoxy) is 1. The van der Waals surface area contributed by atoms with Crippen molar-refractivity contribution >= 4 is 18.1 Å². The zero-order chi connectivity index (χ0) is 11.5. The predicted octanol–water partition coefficient (Wildman–Crippen LogP) is 2.23. The molecule has 1 aromatic rings. The van der Waals surface area contributed by atoms with Crippen LogP contribution in [-0.4, -0.2) is 18.1 Å². The Morgan fingerprint density at radius 3 is 2.38 bits per heavy atom. The number of hydrogen-bond donors (Lipinski definition) is 2. The monoisotopic (exact) mass is 216 g/mol. The molecule has 16 heavy (non-hydrogen) atoms. The summed E-state index contributed by atoms with van der Waals surface area (Å²) >= 11 is 0. The lowest BCUT2D eigenvalue weighted by atomic mass is 10.1. The van der Waals surface area contributed by atoms with Crippen LogP contribution in [0, 0.1) is 16.7 Å². The van der Waals surface area contributed by atoms with Gasteiger partial charge in [0.2, 0.25) is 5.90 Å². The van der Waals surface area contributed by atoms with E-state index in [1.807, 2.05) is 0 Å². The fraction of sp³-hybridized carbons (Fsp3) is 0.250. The highest BCUT2D eigenvalue weighted by Crippen LogP contribution is 2.30. The second-order valence-electron chi connectivity index (χ2n) is 3.81. The highest BCUT2D eigenvalue weighted by atomic mass is 16.5. The minimum absolute atomic E-state index is 0.0330. The highest BCUT2D eigenvalue weighted by molar-refractivity contribution is 6.00. The van der Waals surface area contributed by atoms with Gasteiger partial charge in [-0.2, -0.15) is 0 Å². The summed E-state index contributed by atoms with van der Waals surface area (Å²) in [5, 5.41) is 15.2. The highest BCUT2D eigenvalue weighted by Gasteiger charge is 2.29. The Labute approximate surface area is 93.3 Å². The van der Waals surface area contributed by atoms with E-state index >= 15 is 0 Å². The molecule has 4 heteroatoms. The zero-order valence-electron chi connectivity index (χ0n) is 8.69. The van der Waals surface area contributed by atoms with Crippen molar-refractivity contribution in [3.05, 3.63) is 35.4 Å². The van der Waals surface area contributed by atoms with Crippen LogP contribution in [0.25, 0.3) is 0 Å². The van der Waals surface area contributed by atoms with Crippen LogP contribution in [0.2, 0.25) is 0 Å². The molecule has 1 aliphatic carbocycles. The van der Waals surface area contributed by atoms with Gasteiger partial charge in [0, 0.05) is 17.0 Å². The Morgan fingerprint density at radius 1 is 1.25 bits per heavy atom. The Kier molecular flexibility index (Phi) is 2.81. The van der Waals surface area contributed by atoms with Crippen LogP contribution in [0.15, 0.2) is 24.3 Å². The predicted molar refractivity (Wildman–Crippen MR) is 60.2 cm³/mol. The molecule has 0 bridgehead atoms. The summed E-state index contributed by atoms with van der Waals surface area (Å²) < 4.78 is 5.11. The maximum absolute atomic E-state index is 10.4. The molecule has 2 rings (SSSR count). The summed E-state index contributed by atoms with van der Waals surface area (Å²) in [5.74, 6) is 0.341. The van der Waals surface area contributed by atoms with E-state index in [2.05, 4.69) is 0 Å². The molecule has 0 atom stereocenters. The van der Waals surface area contributed by atoms with Gasteiger partial charge in [-0.3, -0.25) is 15.6 Å². The van der Waals surface area contributed by atoms with Crippen molar-refractivity contribution < 1.29 is 9.53 Å². The van der Waals surface area contributed by atoms with Crippen LogP contribution in [0.4, 0.5) is 0 Å². The average molecular weight is 216 g/mol. The van der Waals surface area contributed by atoms with Gasteiger partial charge in [-0.05, 0) is 25.0 Å². The van der Waals surface area contributed by atoms with Gasteiger partial charge in [0.1, 0.15) is 6.29 Å². The first-order valence-electron chi connectivity index (χ1n) is 5.11. The molecule has 0 radical (unpaired) electrons. The van der Waals surface area contributed by atoms with Crippen LogP contribution in [0.3, 0.4) is 0 Å². The van der Waals surface area contributed by atoms with Crippen molar-refractivity contribution in [1.82, 2.24) is 0 Å². The third-order valence-electron chi connectivity index (χ3n) is 2.47. The van der Waals surface area contributed by atoms with Crippen molar-refractivity contribution in [2.24, 2.45) is 5.92 Å². The fourth-order valence-electron chi connectivity index (χ4n) is 1.31. The summed E-state index contributed by atoms with van der Waals surface area (Å²) in [6, 6.07) is 6.54. The lowest BCUT2D eigenvalue weighted by molar-refractivity contribution is 0.112. The normalized spacial score (nSPS) is 14.2. The summed E-state index contributed by atoms with van der Waals surface area (Å²) in [6.45, 7) is 0. The summed E-state index contributed by atoms with van der Waals surface area (Å²) in [4.78, 5) is 10.4. The van der Waals surface area contributed by atoms with Crippen molar-refractivity contribution in [2.45, 2.75) is 12.8 Å². The largest absolute Gasteiger partial charge is 0.425 e. The molecule has 1 aromatic carbocycles. The second-order valence-corrected chi connectivity index (χ2v) is 3.81. The van der Waals surface area contributed by atoms with E-state index in [0.717, 1.165) is 19.1 Å². The molecule has 0 heterocycles. The Bertz CT molecular complexity index is 433. The number of nitrogens with one attached hydrogen (secondary N) is 2. The minimum atomic E-state index is -0.0330. The number of rotatable bonds is 3. The average Bonchev–Trinajstić information content (AvgIpc) is 3.13. The van der Waals surface area contributed by atoms with E-state index in [4.69, 9.17) is 15.6 Å². The van der Waals surface area contributed by atoms with E-state index in [1.165, 1.54) is 0 Å². The maximum atomic E-state index is 10.4. The van der Waals surface area contributed by atoms with E-state index in [0.29, 0.717) is 11.1 Å². The first-order valence-corrected chi connectivity index (χ1v) is 5.11. The van der Waals surface area contributed by atoms with Gasteiger partial charge in [0.05, 0.1) is 0 Å². The van der Waals surface area contributed by atoms with Gasteiger partial charge in [-0.15, -0.1) is 0 Å². The minimum Gasteiger partial charge on any atom is -0.425 e. The quantitative estimate of drug-likeness (QED) is 0.462. The number of aldehydes is 1. The fourth-order valence-corrected chi connectivity index (χ4v) is 1.31. The summed E-state index contributed by atoms with van der Waals surface area (Å²) in [6.07, 6.45) is 2.72. The first kappa shape index (κ1) is 10.5. The van der Waals surface area contributed by atoms with E-state index in [-0.39, 0.29) is 17.7 Å². The molecule has 82 valence electrons. The van der Waals surface area contributed by atoms with Crippen LogP contribution in [0.1, 0.15) is 28.8 Å². The molecule has 0 saturated heterocycles. The topological polar surface area (TPSA) is 74.0 Å². The number of benzene rings is 1. The second kappa shape index (κ2) is 4.26. The Morgan fingerprint density at radius 2 is 1.88 bits per heavy atom. The van der Waals surface area contributed by atoms with Crippen LogP contribution < -0.4 is 0 Å². The van der Waals surface area contributed by atoms with Gasteiger partial charge in [-0.25, -0.2) is 0 Å². The Balaban J connectivity index is 2.02. The van der Waals surface area contributed by atoms with Crippen LogP contribution in [-0.2, 0) is 4.74 Å². The molecule has 0 aromatic heterocycles. The maximum Gasteiger partial charge on any atom is 0.220 e. The molecule has 0 spiro atoms. The molecular weight excluding hydrogens is 204 g/mol. The van der Waals surface area contributed by atoms with Gasteiger partial charge < -0.3 is 4.74 Å². The van der Waals surface area contributed by atoms with E-state index < -0.39 is 0 Å². The van der Waals surface area contributed by atoms with Crippen molar-refractivity contribution in [3.63, 3.8) is 0 Å². The third-order valence-corrected chi connectivity index (χ3v) is 2.47. The van der Waals surface area contributed by atoms with E-state index in [1.54, 1.807) is 24.3 Å². The summed E-state index contributed by atoms with van der Waals surface area (Å²) in [5.41, 5.74) is 1.14. The van der Waals surface area contributed by atoms with Crippen LogP contribution >= 0.6 is 0 Å². The molecule has 1 saturated carbocycles. The van der Waals surface area contributed by atoms with Crippen molar-refractivity contribution in [3.8, 4) is 0 Å². The smallest absolute Gasteiger partial charge is 0.220 e. The molecule has 0 aliphatic heterocycles. The molecule has 0 unspecified atom stereocenters. The molecule has 1 aliphatic rings. The number of carbonyl (C=O) groups is 1. The number of carbonyl (C=O) groups excluding carboxylic acids is 1. The SMILES string of the molecule is N=C(OC(=N)C1CC1)c1ccc(C=O)cc1. The van der Waals surface area contributed by atoms with E-state index in [9.17, 15) is 4.79 Å². The van der Waals surface area contributed by atoms with Gasteiger partial charge in [0.25, 0.3) is 0 Å². The van der Waals surface area contributed by atoms with Gasteiger partial charge >= 0.3 is 0 Å². The first-order chi connectivity index (χ1) is 7.70. The number of hydrogen-bond acceptors (Lipinski definition) is 4. The molecule has 2 N–H and O–H groups in total. The molecule has 0 amide bonds. The van der Waals surface area contributed by atoms with Crippen LogP contribution in [0.5, 0.6) is 0 Å². The standard InChI is InChI=1S/C12H12N2O2/c13-11(16-12(14)10-5-6-10)9-3-1-8(7-15)2-4-9/h1-4,7,10,13-14H,5-6H2. The molecule has 1 fully saturated rings. The lowest BCUT2D eigenvalue weighted by Gasteiger charge is -2.06. The summed E-state index contributed by atoms with van der Waals surface area (Å²) in [7, 11) is 0. The Hall–Kier alpha value is -1.97.